The van der Waals surface area contributed by atoms with E-state index in [2.05, 4.69) is 33.0 Å². The van der Waals surface area contributed by atoms with Gasteiger partial charge in [-0.2, -0.15) is 0 Å². The lowest BCUT2D eigenvalue weighted by Gasteiger charge is -2.23. The second-order valence-electron chi connectivity index (χ2n) is 7.45. The van der Waals surface area contributed by atoms with E-state index in [4.69, 9.17) is 0 Å². The Morgan fingerprint density at radius 2 is 1.82 bits per heavy atom. The molecule has 17 heavy (non-hydrogen) atoms. The summed E-state index contributed by atoms with van der Waals surface area (Å²) in [6.45, 7) is 10.5. The molecule has 0 radical (unpaired) electrons. The van der Waals surface area contributed by atoms with Crippen LogP contribution in [0.25, 0.3) is 0 Å². The van der Waals surface area contributed by atoms with Crippen molar-refractivity contribution in [3.63, 3.8) is 0 Å². The summed E-state index contributed by atoms with van der Waals surface area (Å²) in [4.78, 5) is 0. The standard InChI is InChI=1S/C16H31N/c1-5-17-14(10-7-11-16(2,3)4)15-12-8-6-9-13(12)15/h12-15,17H,5-11H2,1-4H3. The number of hydrogen-bond acceptors (Lipinski definition) is 1. The SMILES string of the molecule is CCNC(CCCC(C)(C)C)C1C2CCCC21. The lowest BCUT2D eigenvalue weighted by Crippen LogP contribution is -2.32. The maximum Gasteiger partial charge on any atom is 0.0101 e. The van der Waals surface area contributed by atoms with Crippen LogP contribution in [0.15, 0.2) is 0 Å². The number of rotatable bonds is 6. The molecule has 2 rings (SSSR count). The Kier molecular flexibility index (Phi) is 4.18. The van der Waals surface area contributed by atoms with E-state index in [1.807, 2.05) is 0 Å². The van der Waals surface area contributed by atoms with Gasteiger partial charge in [-0.25, -0.2) is 0 Å². The minimum atomic E-state index is 0.510. The van der Waals surface area contributed by atoms with Crippen LogP contribution in [0.3, 0.4) is 0 Å². The van der Waals surface area contributed by atoms with Gasteiger partial charge in [0, 0.05) is 6.04 Å². The Balaban J connectivity index is 1.74. The highest BCUT2D eigenvalue weighted by atomic mass is 14.9. The van der Waals surface area contributed by atoms with Crippen molar-refractivity contribution in [1.29, 1.82) is 0 Å². The Hall–Kier alpha value is -0.0400. The van der Waals surface area contributed by atoms with Crippen LogP contribution < -0.4 is 5.32 Å². The van der Waals surface area contributed by atoms with E-state index in [1.165, 1.54) is 38.5 Å². The summed E-state index contributed by atoms with van der Waals surface area (Å²) in [6.07, 6.45) is 8.73. The lowest BCUT2D eigenvalue weighted by molar-refractivity contribution is 0.322. The molecule has 0 aromatic rings. The molecule has 1 heteroatoms. The predicted octanol–water partition coefficient (Wildman–Crippen LogP) is 4.23. The summed E-state index contributed by atoms with van der Waals surface area (Å²) >= 11 is 0. The van der Waals surface area contributed by atoms with Crippen molar-refractivity contribution in [2.75, 3.05) is 6.54 Å². The normalized spacial score (nSPS) is 33.5. The summed E-state index contributed by atoms with van der Waals surface area (Å²) in [7, 11) is 0. The summed E-state index contributed by atoms with van der Waals surface area (Å²) in [5.74, 6) is 3.26. The van der Waals surface area contributed by atoms with Crippen molar-refractivity contribution in [1.82, 2.24) is 5.32 Å². The molecule has 2 aliphatic rings. The quantitative estimate of drug-likeness (QED) is 0.729. The maximum atomic E-state index is 3.76. The van der Waals surface area contributed by atoms with Gasteiger partial charge in [-0.15, -0.1) is 0 Å². The zero-order valence-corrected chi connectivity index (χ0v) is 12.3. The summed E-state index contributed by atoms with van der Waals surface area (Å²) < 4.78 is 0. The average Bonchev–Trinajstić information content (AvgIpc) is 2.68. The Bertz CT molecular complexity index is 230. The molecule has 0 aromatic carbocycles. The van der Waals surface area contributed by atoms with E-state index in [-0.39, 0.29) is 0 Å². The van der Waals surface area contributed by atoms with Crippen molar-refractivity contribution in [2.45, 2.75) is 72.3 Å². The zero-order chi connectivity index (χ0) is 12.5. The monoisotopic (exact) mass is 237 g/mol. The third-order valence-corrected chi connectivity index (χ3v) is 4.85. The van der Waals surface area contributed by atoms with Crippen molar-refractivity contribution in [3.8, 4) is 0 Å². The largest absolute Gasteiger partial charge is 0.314 e. The molecule has 0 spiro atoms. The Morgan fingerprint density at radius 1 is 1.18 bits per heavy atom. The van der Waals surface area contributed by atoms with Crippen LogP contribution in [-0.4, -0.2) is 12.6 Å². The molecule has 2 aliphatic carbocycles. The smallest absolute Gasteiger partial charge is 0.0101 e. The summed E-state index contributed by atoms with van der Waals surface area (Å²) in [5, 5.41) is 3.76. The van der Waals surface area contributed by atoms with Crippen LogP contribution in [0.2, 0.25) is 0 Å². The van der Waals surface area contributed by atoms with Gasteiger partial charge in [0.15, 0.2) is 0 Å². The molecule has 100 valence electrons. The molecule has 0 aromatic heterocycles. The van der Waals surface area contributed by atoms with Crippen molar-refractivity contribution in [3.05, 3.63) is 0 Å². The van der Waals surface area contributed by atoms with Gasteiger partial charge in [0.1, 0.15) is 0 Å². The van der Waals surface area contributed by atoms with Crippen LogP contribution in [0.1, 0.15) is 66.2 Å². The first-order chi connectivity index (χ1) is 8.03. The van der Waals surface area contributed by atoms with Gasteiger partial charge in [0.25, 0.3) is 0 Å². The fraction of sp³-hybridized carbons (Fsp3) is 1.00. The highest BCUT2D eigenvalue weighted by molar-refractivity contribution is 5.06. The van der Waals surface area contributed by atoms with Crippen LogP contribution in [0.4, 0.5) is 0 Å². The van der Waals surface area contributed by atoms with Gasteiger partial charge >= 0.3 is 0 Å². The van der Waals surface area contributed by atoms with E-state index >= 15 is 0 Å². The molecule has 2 saturated carbocycles. The van der Waals surface area contributed by atoms with Gasteiger partial charge in [0.05, 0.1) is 0 Å². The predicted molar refractivity (Wildman–Crippen MR) is 75.1 cm³/mol. The van der Waals surface area contributed by atoms with Crippen molar-refractivity contribution >= 4 is 0 Å². The number of nitrogens with one attached hydrogen (secondary N) is 1. The molecule has 3 unspecified atom stereocenters. The third-order valence-electron chi connectivity index (χ3n) is 4.85. The minimum Gasteiger partial charge on any atom is -0.314 e. The summed E-state index contributed by atoms with van der Waals surface area (Å²) in [5.41, 5.74) is 0.510. The van der Waals surface area contributed by atoms with E-state index in [1.54, 1.807) is 0 Å². The molecule has 0 heterocycles. The molecule has 2 fully saturated rings. The lowest BCUT2D eigenvalue weighted by atomic mass is 9.88. The fourth-order valence-electron chi connectivity index (χ4n) is 4.02. The Labute approximate surface area is 108 Å². The molecule has 0 aliphatic heterocycles. The van der Waals surface area contributed by atoms with Crippen LogP contribution in [-0.2, 0) is 0 Å². The number of fused-ring (bicyclic) bond motifs is 1. The van der Waals surface area contributed by atoms with Gasteiger partial charge in [0.2, 0.25) is 0 Å². The van der Waals surface area contributed by atoms with Gasteiger partial charge in [-0.05, 0) is 55.4 Å². The highest BCUT2D eigenvalue weighted by Crippen LogP contribution is 2.59. The van der Waals surface area contributed by atoms with Crippen LogP contribution in [0, 0.1) is 23.2 Å². The molecule has 1 nitrogen and oxygen atoms in total. The first kappa shape index (κ1) is 13.4. The number of hydrogen-bond donors (Lipinski definition) is 1. The van der Waals surface area contributed by atoms with Gasteiger partial charge < -0.3 is 5.32 Å². The Morgan fingerprint density at radius 3 is 2.35 bits per heavy atom. The van der Waals surface area contributed by atoms with Crippen molar-refractivity contribution in [2.24, 2.45) is 23.2 Å². The van der Waals surface area contributed by atoms with E-state index in [0.29, 0.717) is 5.41 Å². The molecule has 1 N–H and O–H groups in total. The molecule has 0 bridgehead atoms. The van der Waals surface area contributed by atoms with Gasteiger partial charge in [-0.1, -0.05) is 40.5 Å². The second-order valence-corrected chi connectivity index (χ2v) is 7.45. The maximum absolute atomic E-state index is 3.76. The topological polar surface area (TPSA) is 12.0 Å². The second kappa shape index (κ2) is 5.30. The van der Waals surface area contributed by atoms with Gasteiger partial charge in [-0.3, -0.25) is 0 Å². The van der Waals surface area contributed by atoms with E-state index < -0.39 is 0 Å². The van der Waals surface area contributed by atoms with E-state index in [9.17, 15) is 0 Å². The highest BCUT2D eigenvalue weighted by Gasteiger charge is 2.55. The van der Waals surface area contributed by atoms with Crippen LogP contribution in [0.5, 0.6) is 0 Å². The first-order valence-corrected chi connectivity index (χ1v) is 7.76. The third kappa shape index (κ3) is 3.47. The molecule has 3 atom stereocenters. The fourth-order valence-corrected chi connectivity index (χ4v) is 4.02. The first-order valence-electron chi connectivity index (χ1n) is 7.76. The minimum absolute atomic E-state index is 0.510. The summed E-state index contributed by atoms with van der Waals surface area (Å²) in [6, 6.07) is 0.831. The molecular formula is C16H31N. The van der Waals surface area contributed by atoms with Crippen molar-refractivity contribution < 1.29 is 0 Å². The van der Waals surface area contributed by atoms with Crippen LogP contribution >= 0.6 is 0 Å². The van der Waals surface area contributed by atoms with E-state index in [0.717, 1.165) is 30.3 Å². The molecular weight excluding hydrogens is 206 g/mol. The average molecular weight is 237 g/mol. The zero-order valence-electron chi connectivity index (χ0n) is 12.3. The molecule has 0 amide bonds. The molecule has 0 saturated heterocycles.